The van der Waals surface area contributed by atoms with Crippen LogP contribution >= 0.6 is 0 Å². The Morgan fingerprint density at radius 3 is 2.27 bits per heavy atom. The standard InChI is InChI=1S/C18H13F3N4O/c1-12-16(8-9-17-22-10-3-11-23-17)13(2)25(24-12)14-4-6-15(7-5-14)26-18(19,20)21/h3-7,10-11H,1-2H3. The summed E-state index contributed by atoms with van der Waals surface area (Å²) in [7, 11) is 0. The monoisotopic (exact) mass is 358 g/mol. The van der Waals surface area contributed by atoms with Gasteiger partial charge in [0, 0.05) is 12.4 Å². The fourth-order valence-electron chi connectivity index (χ4n) is 2.35. The van der Waals surface area contributed by atoms with E-state index in [0.717, 1.165) is 5.69 Å². The fraction of sp³-hybridized carbons (Fsp3) is 0.167. The Bertz CT molecular complexity index is 968. The van der Waals surface area contributed by atoms with Crippen LogP contribution in [0.25, 0.3) is 5.69 Å². The van der Waals surface area contributed by atoms with Crippen LogP contribution in [0.5, 0.6) is 5.75 Å². The smallest absolute Gasteiger partial charge is 0.406 e. The van der Waals surface area contributed by atoms with Crippen molar-refractivity contribution >= 4 is 0 Å². The van der Waals surface area contributed by atoms with Gasteiger partial charge in [0.25, 0.3) is 0 Å². The number of aromatic nitrogens is 4. The largest absolute Gasteiger partial charge is 0.573 e. The van der Waals surface area contributed by atoms with Crippen molar-refractivity contribution < 1.29 is 17.9 Å². The van der Waals surface area contributed by atoms with Crippen molar-refractivity contribution in [3.8, 4) is 23.3 Å². The Morgan fingerprint density at radius 2 is 1.65 bits per heavy atom. The molecule has 0 saturated carbocycles. The molecule has 0 aliphatic carbocycles. The first-order valence-electron chi connectivity index (χ1n) is 7.55. The molecule has 0 fully saturated rings. The zero-order valence-electron chi connectivity index (χ0n) is 13.9. The van der Waals surface area contributed by atoms with Crippen LogP contribution in [0.15, 0.2) is 42.7 Å². The molecule has 0 spiro atoms. The molecule has 2 aromatic heterocycles. The maximum absolute atomic E-state index is 12.2. The Kier molecular flexibility index (Phi) is 4.63. The van der Waals surface area contributed by atoms with Crippen LogP contribution in [-0.2, 0) is 0 Å². The molecule has 0 aliphatic heterocycles. The molecule has 2 heterocycles. The van der Waals surface area contributed by atoms with Gasteiger partial charge in [-0.05, 0) is 50.1 Å². The van der Waals surface area contributed by atoms with Gasteiger partial charge in [-0.25, -0.2) is 14.6 Å². The van der Waals surface area contributed by atoms with Gasteiger partial charge in [0.1, 0.15) is 5.75 Å². The summed E-state index contributed by atoms with van der Waals surface area (Å²) in [5, 5.41) is 4.41. The second-order valence-electron chi connectivity index (χ2n) is 5.32. The quantitative estimate of drug-likeness (QED) is 0.657. The number of rotatable bonds is 2. The fourth-order valence-corrected chi connectivity index (χ4v) is 2.35. The van der Waals surface area contributed by atoms with E-state index < -0.39 is 6.36 Å². The predicted molar refractivity (Wildman–Crippen MR) is 87.7 cm³/mol. The van der Waals surface area contributed by atoms with E-state index in [1.807, 2.05) is 6.92 Å². The number of halogens is 3. The third-order valence-electron chi connectivity index (χ3n) is 3.47. The van der Waals surface area contributed by atoms with E-state index in [1.54, 1.807) is 30.1 Å². The lowest BCUT2D eigenvalue weighted by molar-refractivity contribution is -0.274. The lowest BCUT2D eigenvalue weighted by atomic mass is 10.2. The molecule has 26 heavy (non-hydrogen) atoms. The molecular formula is C18H13F3N4O. The third kappa shape index (κ3) is 4.00. The van der Waals surface area contributed by atoms with Gasteiger partial charge in [-0.2, -0.15) is 5.10 Å². The van der Waals surface area contributed by atoms with Crippen LogP contribution in [0.1, 0.15) is 22.8 Å². The molecule has 0 N–H and O–H groups in total. The molecule has 132 valence electrons. The maximum atomic E-state index is 12.2. The first-order valence-corrected chi connectivity index (χ1v) is 7.55. The van der Waals surface area contributed by atoms with E-state index in [-0.39, 0.29) is 5.75 Å². The van der Waals surface area contributed by atoms with Crippen molar-refractivity contribution in [2.75, 3.05) is 0 Å². The maximum Gasteiger partial charge on any atom is 0.573 e. The second-order valence-corrected chi connectivity index (χ2v) is 5.32. The molecule has 5 nitrogen and oxygen atoms in total. The SMILES string of the molecule is Cc1nn(-c2ccc(OC(F)(F)F)cc2)c(C)c1C#Cc1ncccn1. The van der Waals surface area contributed by atoms with Crippen molar-refractivity contribution in [2.24, 2.45) is 0 Å². The van der Waals surface area contributed by atoms with Gasteiger partial charge >= 0.3 is 6.36 Å². The summed E-state index contributed by atoms with van der Waals surface area (Å²) in [4.78, 5) is 8.08. The Hall–Kier alpha value is -3.34. The summed E-state index contributed by atoms with van der Waals surface area (Å²) in [5.74, 6) is 5.98. The molecule has 3 aromatic rings. The molecule has 0 unspecified atom stereocenters. The molecule has 0 radical (unpaired) electrons. The average molecular weight is 358 g/mol. The first-order chi connectivity index (χ1) is 12.3. The second kappa shape index (κ2) is 6.88. The number of aryl methyl sites for hydroxylation is 1. The molecule has 0 saturated heterocycles. The molecule has 0 aliphatic rings. The van der Waals surface area contributed by atoms with E-state index in [2.05, 4.69) is 31.6 Å². The molecular weight excluding hydrogens is 345 g/mol. The Morgan fingerprint density at radius 1 is 1.00 bits per heavy atom. The van der Waals surface area contributed by atoms with Crippen LogP contribution in [0.4, 0.5) is 13.2 Å². The molecule has 0 bridgehead atoms. The lowest BCUT2D eigenvalue weighted by Gasteiger charge is -2.10. The number of hydrogen-bond acceptors (Lipinski definition) is 4. The van der Waals surface area contributed by atoms with Gasteiger partial charge in [0.05, 0.1) is 22.6 Å². The summed E-state index contributed by atoms with van der Waals surface area (Å²) in [5.41, 5.74) is 2.77. The minimum atomic E-state index is -4.72. The minimum absolute atomic E-state index is 0.288. The van der Waals surface area contributed by atoms with E-state index in [0.29, 0.717) is 22.8 Å². The van der Waals surface area contributed by atoms with Crippen LogP contribution in [0.2, 0.25) is 0 Å². The van der Waals surface area contributed by atoms with Crippen molar-refractivity contribution in [2.45, 2.75) is 20.2 Å². The number of alkyl halides is 3. The van der Waals surface area contributed by atoms with Crippen LogP contribution < -0.4 is 4.74 Å². The van der Waals surface area contributed by atoms with E-state index >= 15 is 0 Å². The highest BCUT2D eigenvalue weighted by atomic mass is 19.4. The Labute approximate surface area is 147 Å². The topological polar surface area (TPSA) is 52.8 Å². The van der Waals surface area contributed by atoms with Gasteiger partial charge < -0.3 is 4.74 Å². The normalized spacial score (nSPS) is 11.0. The summed E-state index contributed by atoms with van der Waals surface area (Å²) in [6.07, 6.45) is -1.52. The van der Waals surface area contributed by atoms with Gasteiger partial charge in [0.15, 0.2) is 0 Å². The van der Waals surface area contributed by atoms with Crippen LogP contribution in [0, 0.1) is 25.7 Å². The van der Waals surface area contributed by atoms with Gasteiger partial charge in [-0.1, -0.05) is 5.92 Å². The number of hydrogen-bond donors (Lipinski definition) is 0. The molecule has 1 aromatic carbocycles. The summed E-state index contributed by atoms with van der Waals surface area (Å²) in [6.45, 7) is 3.64. The van der Waals surface area contributed by atoms with E-state index in [4.69, 9.17) is 0 Å². The van der Waals surface area contributed by atoms with Gasteiger partial charge in [-0.3, -0.25) is 0 Å². The summed E-state index contributed by atoms with van der Waals surface area (Å²) in [6, 6.07) is 7.17. The Balaban J connectivity index is 1.90. The minimum Gasteiger partial charge on any atom is -0.406 e. The predicted octanol–water partition coefficient (Wildman–Crippen LogP) is 3.58. The first kappa shape index (κ1) is 17.5. The highest BCUT2D eigenvalue weighted by molar-refractivity contribution is 5.48. The molecule has 0 atom stereocenters. The molecule has 3 rings (SSSR count). The molecule has 0 amide bonds. The average Bonchev–Trinajstić information content (AvgIpc) is 2.87. The van der Waals surface area contributed by atoms with E-state index in [9.17, 15) is 13.2 Å². The summed E-state index contributed by atoms with van der Waals surface area (Å²) >= 11 is 0. The van der Waals surface area contributed by atoms with Crippen molar-refractivity contribution in [1.29, 1.82) is 0 Å². The van der Waals surface area contributed by atoms with Crippen LogP contribution in [0.3, 0.4) is 0 Å². The lowest BCUT2D eigenvalue weighted by Crippen LogP contribution is -2.17. The van der Waals surface area contributed by atoms with Crippen LogP contribution in [-0.4, -0.2) is 26.1 Å². The zero-order chi connectivity index (χ0) is 18.7. The van der Waals surface area contributed by atoms with Gasteiger partial charge in [0.2, 0.25) is 5.82 Å². The van der Waals surface area contributed by atoms with E-state index in [1.165, 1.54) is 24.3 Å². The molecule has 8 heteroatoms. The zero-order valence-corrected chi connectivity index (χ0v) is 13.9. The van der Waals surface area contributed by atoms with Crippen molar-refractivity contribution in [1.82, 2.24) is 19.7 Å². The van der Waals surface area contributed by atoms with Crippen molar-refractivity contribution in [3.63, 3.8) is 0 Å². The van der Waals surface area contributed by atoms with Crippen molar-refractivity contribution in [3.05, 3.63) is 65.5 Å². The highest BCUT2D eigenvalue weighted by Gasteiger charge is 2.31. The summed E-state index contributed by atoms with van der Waals surface area (Å²) < 4.78 is 42.2. The third-order valence-corrected chi connectivity index (χ3v) is 3.47. The number of ether oxygens (including phenoxy) is 1. The number of nitrogens with zero attached hydrogens (tertiary/aromatic N) is 4. The highest BCUT2D eigenvalue weighted by Crippen LogP contribution is 2.24. The number of benzene rings is 1. The van der Waals surface area contributed by atoms with Gasteiger partial charge in [-0.15, -0.1) is 13.2 Å².